The maximum absolute atomic E-state index is 12.9. The normalized spacial score (nSPS) is 13.2. The molecule has 10 nitrogen and oxygen atoms in total. The van der Waals surface area contributed by atoms with Gasteiger partial charge in [0.25, 0.3) is 0 Å². The smallest absolute Gasteiger partial charge is 0.358 e. The molecule has 0 radical (unpaired) electrons. The van der Waals surface area contributed by atoms with Crippen LogP contribution in [-0.4, -0.2) is 63.7 Å². The minimum atomic E-state index is -0.463. The average molecular weight is 600 g/mol. The lowest BCUT2D eigenvalue weighted by Gasteiger charge is -2.39. The molecular weight excluding hydrogens is 571 g/mol. The van der Waals surface area contributed by atoms with Gasteiger partial charge in [0.1, 0.15) is 0 Å². The topological polar surface area (TPSA) is 113 Å². The molecule has 1 fully saturated rings. The Morgan fingerprint density at radius 2 is 1.81 bits per heavy atom. The number of fused-ring (bicyclic) bond motifs is 1. The minimum absolute atomic E-state index is 0.0111. The van der Waals surface area contributed by atoms with Gasteiger partial charge < -0.3 is 19.9 Å². The third kappa shape index (κ3) is 5.68. The van der Waals surface area contributed by atoms with E-state index in [2.05, 4.69) is 25.5 Å². The van der Waals surface area contributed by atoms with Gasteiger partial charge in [-0.1, -0.05) is 53.8 Å². The van der Waals surface area contributed by atoms with E-state index in [0.29, 0.717) is 42.0 Å². The number of ether oxygens (including phenoxy) is 1. The molecule has 0 saturated carbocycles. The Balaban J connectivity index is 1.18. The highest BCUT2D eigenvalue weighted by Crippen LogP contribution is 2.39. The van der Waals surface area contributed by atoms with Crippen LogP contribution in [0.3, 0.4) is 0 Å². The Kier molecular flexibility index (Phi) is 7.81. The van der Waals surface area contributed by atoms with Crippen LogP contribution >= 0.6 is 22.7 Å². The van der Waals surface area contributed by atoms with Crippen molar-refractivity contribution in [3.05, 3.63) is 82.4 Å². The highest BCUT2D eigenvalue weighted by atomic mass is 32.1. The maximum Gasteiger partial charge on any atom is 0.358 e. The first-order chi connectivity index (χ1) is 20.4. The maximum atomic E-state index is 12.9. The van der Waals surface area contributed by atoms with Crippen LogP contribution in [0.15, 0.2) is 60.7 Å². The molecule has 6 rings (SSSR count). The van der Waals surface area contributed by atoms with Gasteiger partial charge in [-0.3, -0.25) is 4.79 Å². The second kappa shape index (κ2) is 11.8. The van der Waals surface area contributed by atoms with Gasteiger partial charge in [-0.15, -0.1) is 21.5 Å². The third-order valence-electron chi connectivity index (χ3n) is 7.04. The van der Waals surface area contributed by atoms with Gasteiger partial charge >= 0.3 is 5.97 Å². The van der Waals surface area contributed by atoms with Gasteiger partial charge in [0.2, 0.25) is 5.91 Å². The van der Waals surface area contributed by atoms with Crippen molar-refractivity contribution in [1.82, 2.24) is 25.1 Å². The van der Waals surface area contributed by atoms with E-state index in [1.54, 1.807) is 18.3 Å². The number of thiazole rings is 2. The number of aryl methyl sites for hydroxylation is 1. The van der Waals surface area contributed by atoms with Crippen LogP contribution in [0.2, 0.25) is 0 Å². The van der Waals surface area contributed by atoms with Crippen LogP contribution in [0.25, 0.3) is 10.2 Å². The fourth-order valence-electron chi connectivity index (χ4n) is 4.70. The number of hydrogen-bond acceptors (Lipinski definition) is 11. The number of para-hydroxylation sites is 1. The van der Waals surface area contributed by atoms with Crippen LogP contribution in [0.4, 0.5) is 21.9 Å². The molecule has 1 saturated heterocycles. The Morgan fingerprint density at radius 3 is 2.55 bits per heavy atom. The van der Waals surface area contributed by atoms with Gasteiger partial charge in [-0.25, -0.2) is 14.8 Å². The van der Waals surface area contributed by atoms with Crippen LogP contribution < -0.4 is 10.2 Å². The lowest BCUT2D eigenvalue weighted by atomic mass is 9.96. The molecular formula is C30H29N7O3S2. The summed E-state index contributed by atoms with van der Waals surface area (Å²) in [4.78, 5) is 39.4. The standard InChI is InChI=1S/C30H29N7O3S2/c1-4-40-28(39)25-26(20-16-37(17-20)24(38)15-19-10-6-5-7-11-19)42-30(32-25)36(3)23-14-18(2)27(35-34-23)33-29-31-21-12-8-9-13-22(21)41-29/h5-14,20H,4,15-17H2,1-3H3,(H,31,33,35). The number of rotatable bonds is 9. The number of benzene rings is 2. The second-order valence-electron chi connectivity index (χ2n) is 9.99. The molecule has 42 heavy (non-hydrogen) atoms. The first-order valence-electron chi connectivity index (χ1n) is 13.6. The number of nitrogens with zero attached hydrogens (tertiary/aromatic N) is 6. The zero-order chi connectivity index (χ0) is 29.2. The molecule has 0 bridgehead atoms. The van der Waals surface area contributed by atoms with E-state index in [1.807, 2.05) is 84.4 Å². The summed E-state index contributed by atoms with van der Waals surface area (Å²) in [6.45, 7) is 5.05. The summed E-state index contributed by atoms with van der Waals surface area (Å²) in [5, 5.41) is 13.5. The molecule has 0 unspecified atom stereocenters. The van der Waals surface area contributed by atoms with E-state index in [9.17, 15) is 9.59 Å². The first-order valence-corrected chi connectivity index (χ1v) is 15.2. The lowest BCUT2D eigenvalue weighted by Crippen LogP contribution is -2.49. The number of esters is 1. The van der Waals surface area contributed by atoms with E-state index in [1.165, 1.54) is 11.3 Å². The number of carbonyl (C=O) groups is 2. The fourth-order valence-corrected chi connectivity index (χ4v) is 6.67. The van der Waals surface area contributed by atoms with Gasteiger partial charge in [-0.05, 0) is 43.2 Å². The Hall–Kier alpha value is -4.42. The van der Waals surface area contributed by atoms with E-state index in [0.717, 1.165) is 31.4 Å². The summed E-state index contributed by atoms with van der Waals surface area (Å²) in [5.41, 5.74) is 3.10. The highest BCUT2D eigenvalue weighted by Gasteiger charge is 2.37. The van der Waals surface area contributed by atoms with Crippen molar-refractivity contribution in [2.75, 3.05) is 37.0 Å². The number of hydrogen-bond donors (Lipinski definition) is 1. The molecule has 12 heteroatoms. The zero-order valence-corrected chi connectivity index (χ0v) is 25.0. The summed E-state index contributed by atoms with van der Waals surface area (Å²) < 4.78 is 6.41. The van der Waals surface area contributed by atoms with Crippen LogP contribution in [0.5, 0.6) is 0 Å². The van der Waals surface area contributed by atoms with Crippen molar-refractivity contribution in [3.8, 4) is 0 Å². The molecule has 2 aromatic carbocycles. The molecule has 1 aliphatic rings. The predicted molar refractivity (Wildman–Crippen MR) is 165 cm³/mol. The van der Waals surface area contributed by atoms with Crippen LogP contribution in [-0.2, 0) is 16.0 Å². The lowest BCUT2D eigenvalue weighted by molar-refractivity contribution is -0.134. The summed E-state index contributed by atoms with van der Waals surface area (Å²) in [7, 11) is 1.85. The van der Waals surface area contributed by atoms with Crippen molar-refractivity contribution in [2.24, 2.45) is 0 Å². The Morgan fingerprint density at radius 1 is 1.05 bits per heavy atom. The Labute approximate surface area is 251 Å². The number of carbonyl (C=O) groups excluding carboxylic acids is 2. The van der Waals surface area contributed by atoms with Crippen molar-refractivity contribution >= 4 is 66.7 Å². The van der Waals surface area contributed by atoms with Crippen LogP contribution in [0.1, 0.15) is 39.3 Å². The monoisotopic (exact) mass is 599 g/mol. The summed E-state index contributed by atoms with van der Waals surface area (Å²) >= 11 is 2.97. The zero-order valence-electron chi connectivity index (χ0n) is 23.4. The van der Waals surface area contributed by atoms with E-state index >= 15 is 0 Å². The Bertz CT molecular complexity index is 1720. The minimum Gasteiger partial charge on any atom is -0.461 e. The van der Waals surface area contributed by atoms with Gasteiger partial charge in [0.15, 0.2) is 27.6 Å². The van der Waals surface area contributed by atoms with Gasteiger partial charge in [0.05, 0.1) is 23.2 Å². The molecule has 0 aliphatic carbocycles. The first kappa shape index (κ1) is 27.7. The van der Waals surface area contributed by atoms with Gasteiger partial charge in [-0.2, -0.15) is 0 Å². The molecule has 3 aromatic heterocycles. The van der Waals surface area contributed by atoms with Crippen molar-refractivity contribution in [1.29, 1.82) is 0 Å². The van der Waals surface area contributed by atoms with Crippen molar-refractivity contribution < 1.29 is 14.3 Å². The predicted octanol–water partition coefficient (Wildman–Crippen LogP) is 5.71. The largest absolute Gasteiger partial charge is 0.461 e. The van der Waals surface area contributed by atoms with Crippen molar-refractivity contribution in [3.63, 3.8) is 0 Å². The van der Waals surface area contributed by atoms with E-state index in [4.69, 9.17) is 4.74 Å². The molecule has 4 heterocycles. The molecule has 1 amide bonds. The number of nitrogens with one attached hydrogen (secondary N) is 1. The second-order valence-corrected chi connectivity index (χ2v) is 12.0. The number of likely N-dealkylation sites (tertiary alicyclic amines) is 1. The highest BCUT2D eigenvalue weighted by molar-refractivity contribution is 7.22. The number of anilines is 4. The molecule has 0 atom stereocenters. The fraction of sp³-hybridized carbons (Fsp3) is 0.267. The third-order valence-corrected chi connectivity index (χ3v) is 9.28. The van der Waals surface area contributed by atoms with Crippen LogP contribution in [0, 0.1) is 6.92 Å². The summed E-state index contributed by atoms with van der Waals surface area (Å²) in [6.07, 6.45) is 0.358. The van der Waals surface area contributed by atoms with Gasteiger partial charge in [0, 0.05) is 30.9 Å². The summed E-state index contributed by atoms with van der Waals surface area (Å²) in [6, 6.07) is 19.6. The van der Waals surface area contributed by atoms with E-state index in [-0.39, 0.29) is 18.4 Å². The molecule has 1 N–H and O–H groups in total. The number of amides is 1. The van der Waals surface area contributed by atoms with Crippen molar-refractivity contribution in [2.45, 2.75) is 26.2 Å². The quantitative estimate of drug-likeness (QED) is 0.213. The molecule has 5 aromatic rings. The SMILES string of the molecule is CCOC(=O)c1nc(N(C)c2cc(C)c(Nc3nc4ccccc4s3)nn2)sc1C1CN(C(=O)Cc2ccccc2)C1. The summed E-state index contributed by atoms with van der Waals surface area (Å²) in [5.74, 6) is 0.827. The molecule has 0 spiro atoms. The van der Waals surface area contributed by atoms with E-state index < -0.39 is 5.97 Å². The molecule has 1 aliphatic heterocycles. The number of aromatic nitrogens is 4. The molecule has 214 valence electrons. The average Bonchev–Trinajstić information content (AvgIpc) is 3.58.